The molecule has 1 aromatic carbocycles. The molecule has 0 radical (unpaired) electrons. The summed E-state index contributed by atoms with van der Waals surface area (Å²) in [5.41, 5.74) is 11.4. The van der Waals surface area contributed by atoms with Gasteiger partial charge in [-0.3, -0.25) is 9.59 Å². The van der Waals surface area contributed by atoms with Crippen LogP contribution in [0.5, 0.6) is 5.75 Å². The molecule has 20 heavy (non-hydrogen) atoms. The number of carbonyl (C=O) groups is 2. The summed E-state index contributed by atoms with van der Waals surface area (Å²) in [6, 6.07) is 4.72. The first-order valence-corrected chi connectivity index (χ1v) is 6.43. The maximum absolute atomic E-state index is 11.7. The van der Waals surface area contributed by atoms with Crippen molar-refractivity contribution in [2.24, 2.45) is 11.7 Å². The van der Waals surface area contributed by atoms with Crippen molar-refractivity contribution in [3.8, 4) is 5.75 Å². The molecule has 0 saturated carbocycles. The van der Waals surface area contributed by atoms with Gasteiger partial charge < -0.3 is 21.5 Å². The van der Waals surface area contributed by atoms with Crippen LogP contribution in [-0.4, -0.2) is 24.5 Å². The van der Waals surface area contributed by atoms with Gasteiger partial charge in [0, 0.05) is 6.04 Å². The monoisotopic (exact) mass is 279 g/mol. The Kier molecular flexibility index (Phi) is 5.37. The van der Waals surface area contributed by atoms with Gasteiger partial charge in [-0.25, -0.2) is 0 Å². The average Bonchev–Trinajstić information content (AvgIpc) is 2.36. The average molecular weight is 279 g/mol. The maximum Gasteiger partial charge on any atom is 0.258 e. The molecule has 0 heterocycles. The normalized spacial score (nSPS) is 12.0. The van der Waals surface area contributed by atoms with Gasteiger partial charge in [0.2, 0.25) is 0 Å². The summed E-state index contributed by atoms with van der Waals surface area (Å²) < 4.78 is 5.33. The Morgan fingerprint density at radius 3 is 2.50 bits per heavy atom. The Morgan fingerprint density at radius 1 is 1.30 bits per heavy atom. The van der Waals surface area contributed by atoms with Gasteiger partial charge in [-0.2, -0.15) is 0 Å². The molecule has 1 rings (SSSR count). The van der Waals surface area contributed by atoms with Gasteiger partial charge in [0.05, 0.1) is 11.3 Å². The standard InChI is InChI=1S/C14H21N3O3/c1-8(2)9(3)17-12(18)7-20-13-10(14(16)19)5-4-6-11(13)15/h4-6,8-9H,7,15H2,1-3H3,(H2,16,19)(H,17,18). The van der Waals surface area contributed by atoms with Crippen LogP contribution in [0.1, 0.15) is 31.1 Å². The van der Waals surface area contributed by atoms with E-state index in [2.05, 4.69) is 5.32 Å². The summed E-state index contributed by atoms with van der Waals surface area (Å²) in [6.45, 7) is 5.71. The number of nitrogen functional groups attached to an aromatic ring is 1. The van der Waals surface area contributed by atoms with Crippen LogP contribution in [0.4, 0.5) is 5.69 Å². The van der Waals surface area contributed by atoms with E-state index in [4.69, 9.17) is 16.2 Å². The zero-order valence-electron chi connectivity index (χ0n) is 12.0. The van der Waals surface area contributed by atoms with Gasteiger partial charge in [-0.1, -0.05) is 19.9 Å². The van der Waals surface area contributed by atoms with Crippen molar-refractivity contribution in [3.63, 3.8) is 0 Å². The van der Waals surface area contributed by atoms with E-state index in [0.29, 0.717) is 5.92 Å². The summed E-state index contributed by atoms with van der Waals surface area (Å²) in [7, 11) is 0. The van der Waals surface area contributed by atoms with Gasteiger partial charge in [0.25, 0.3) is 11.8 Å². The minimum Gasteiger partial charge on any atom is -0.481 e. The fourth-order valence-corrected chi connectivity index (χ4v) is 1.51. The number of ether oxygens (including phenoxy) is 1. The minimum atomic E-state index is -0.650. The van der Waals surface area contributed by atoms with E-state index in [9.17, 15) is 9.59 Å². The fourth-order valence-electron chi connectivity index (χ4n) is 1.51. The molecule has 0 aromatic heterocycles. The molecule has 2 amide bonds. The summed E-state index contributed by atoms with van der Waals surface area (Å²) in [5.74, 6) is -0.456. The van der Waals surface area contributed by atoms with Crippen LogP contribution in [0.3, 0.4) is 0 Å². The summed E-state index contributed by atoms with van der Waals surface area (Å²) in [4.78, 5) is 23.0. The maximum atomic E-state index is 11.7. The molecule has 1 unspecified atom stereocenters. The van der Waals surface area contributed by atoms with E-state index in [0.717, 1.165) is 0 Å². The molecule has 0 aliphatic carbocycles. The van der Waals surface area contributed by atoms with Crippen molar-refractivity contribution in [1.29, 1.82) is 0 Å². The second-order valence-corrected chi connectivity index (χ2v) is 4.98. The molecule has 110 valence electrons. The van der Waals surface area contributed by atoms with E-state index < -0.39 is 5.91 Å². The van der Waals surface area contributed by atoms with E-state index >= 15 is 0 Å². The number of nitrogens with two attached hydrogens (primary N) is 2. The molecular weight excluding hydrogens is 258 g/mol. The molecule has 0 bridgehead atoms. The van der Waals surface area contributed by atoms with E-state index in [1.54, 1.807) is 12.1 Å². The Balaban J connectivity index is 2.71. The predicted molar refractivity (Wildman–Crippen MR) is 77.3 cm³/mol. The number of nitrogens with one attached hydrogen (secondary N) is 1. The van der Waals surface area contributed by atoms with Crippen molar-refractivity contribution in [1.82, 2.24) is 5.32 Å². The lowest BCUT2D eigenvalue weighted by atomic mass is 10.1. The van der Waals surface area contributed by atoms with Crippen molar-refractivity contribution < 1.29 is 14.3 Å². The Bertz CT molecular complexity index is 500. The molecule has 6 heteroatoms. The van der Waals surface area contributed by atoms with Crippen LogP contribution < -0.4 is 21.5 Å². The van der Waals surface area contributed by atoms with E-state index in [1.807, 2.05) is 20.8 Å². The van der Waals surface area contributed by atoms with Crippen molar-refractivity contribution in [2.45, 2.75) is 26.8 Å². The third-order valence-corrected chi connectivity index (χ3v) is 3.05. The van der Waals surface area contributed by atoms with Crippen molar-refractivity contribution in [3.05, 3.63) is 23.8 Å². The fraction of sp³-hybridized carbons (Fsp3) is 0.429. The number of carbonyl (C=O) groups excluding carboxylic acids is 2. The molecule has 6 nitrogen and oxygen atoms in total. The highest BCUT2D eigenvalue weighted by molar-refractivity contribution is 5.97. The molecule has 0 saturated heterocycles. The smallest absolute Gasteiger partial charge is 0.258 e. The van der Waals surface area contributed by atoms with Crippen LogP contribution in [0.15, 0.2) is 18.2 Å². The number of anilines is 1. The second-order valence-electron chi connectivity index (χ2n) is 4.98. The Hall–Kier alpha value is -2.24. The van der Waals surface area contributed by atoms with Gasteiger partial charge >= 0.3 is 0 Å². The predicted octanol–water partition coefficient (Wildman–Crippen LogP) is 0.907. The molecule has 0 spiro atoms. The number of hydrogen-bond donors (Lipinski definition) is 3. The number of rotatable bonds is 6. The number of hydrogen-bond acceptors (Lipinski definition) is 4. The first-order chi connectivity index (χ1) is 9.32. The number of para-hydroxylation sites is 1. The molecule has 1 atom stereocenters. The largest absolute Gasteiger partial charge is 0.481 e. The minimum absolute atomic E-state index is 0.0369. The Morgan fingerprint density at radius 2 is 1.95 bits per heavy atom. The lowest BCUT2D eigenvalue weighted by Gasteiger charge is -2.18. The van der Waals surface area contributed by atoms with Crippen LogP contribution in [0.25, 0.3) is 0 Å². The molecule has 1 aromatic rings. The molecule has 0 aliphatic rings. The van der Waals surface area contributed by atoms with Crippen molar-refractivity contribution >= 4 is 17.5 Å². The second kappa shape index (κ2) is 6.79. The van der Waals surface area contributed by atoms with E-state index in [-0.39, 0.29) is 35.6 Å². The van der Waals surface area contributed by atoms with Crippen LogP contribution in [0, 0.1) is 5.92 Å². The topological polar surface area (TPSA) is 107 Å². The third kappa shape index (κ3) is 4.15. The highest BCUT2D eigenvalue weighted by Crippen LogP contribution is 2.25. The SMILES string of the molecule is CC(C)C(C)NC(=O)COc1c(N)cccc1C(N)=O. The molecule has 0 fully saturated rings. The van der Waals surface area contributed by atoms with Gasteiger partial charge in [0.15, 0.2) is 12.4 Å². The van der Waals surface area contributed by atoms with Crippen LogP contribution in [-0.2, 0) is 4.79 Å². The highest BCUT2D eigenvalue weighted by Gasteiger charge is 2.15. The zero-order valence-corrected chi connectivity index (χ0v) is 12.0. The number of primary amides is 1. The molecular formula is C14H21N3O3. The first kappa shape index (κ1) is 15.8. The van der Waals surface area contributed by atoms with Gasteiger partial charge in [0.1, 0.15) is 0 Å². The number of amides is 2. The lowest BCUT2D eigenvalue weighted by molar-refractivity contribution is -0.124. The Labute approximate surface area is 118 Å². The number of benzene rings is 1. The molecule has 0 aliphatic heterocycles. The van der Waals surface area contributed by atoms with Crippen LogP contribution in [0.2, 0.25) is 0 Å². The van der Waals surface area contributed by atoms with Crippen molar-refractivity contribution in [2.75, 3.05) is 12.3 Å². The third-order valence-electron chi connectivity index (χ3n) is 3.05. The lowest BCUT2D eigenvalue weighted by Crippen LogP contribution is -2.39. The summed E-state index contributed by atoms with van der Waals surface area (Å²) in [6.07, 6.45) is 0. The zero-order chi connectivity index (χ0) is 15.3. The molecule has 5 N–H and O–H groups in total. The first-order valence-electron chi connectivity index (χ1n) is 6.43. The highest BCUT2D eigenvalue weighted by atomic mass is 16.5. The van der Waals surface area contributed by atoms with Crippen LogP contribution >= 0.6 is 0 Å². The quantitative estimate of drug-likeness (QED) is 0.672. The summed E-state index contributed by atoms with van der Waals surface area (Å²) in [5, 5.41) is 2.80. The van der Waals surface area contributed by atoms with E-state index in [1.165, 1.54) is 6.07 Å². The van der Waals surface area contributed by atoms with Gasteiger partial charge in [-0.05, 0) is 25.0 Å². The van der Waals surface area contributed by atoms with Gasteiger partial charge in [-0.15, -0.1) is 0 Å². The summed E-state index contributed by atoms with van der Waals surface area (Å²) >= 11 is 0.